The highest BCUT2D eigenvalue weighted by Crippen LogP contribution is 2.39. The first-order chi connectivity index (χ1) is 17.4. The first kappa shape index (κ1) is 29.7. The molecule has 1 amide bonds. The van der Waals surface area contributed by atoms with Crippen LogP contribution in [0.15, 0.2) is 0 Å². The maximum absolute atomic E-state index is 13.5. The molecule has 0 aromatic carbocycles. The van der Waals surface area contributed by atoms with Crippen molar-refractivity contribution in [2.45, 2.75) is 78.6 Å². The van der Waals surface area contributed by atoms with Gasteiger partial charge in [0.15, 0.2) is 12.2 Å². The van der Waals surface area contributed by atoms with Gasteiger partial charge in [-0.25, -0.2) is 4.79 Å². The maximum atomic E-state index is 13.5. The number of thiophene rings is 1. The number of nitrogens with one attached hydrogen (secondary N) is 1. The topological polar surface area (TPSA) is 161 Å². The molecule has 2 rings (SSSR count). The second-order valence-corrected chi connectivity index (χ2v) is 9.28. The zero-order valence-corrected chi connectivity index (χ0v) is 22.2. The van der Waals surface area contributed by atoms with E-state index in [0.29, 0.717) is 6.42 Å². The van der Waals surface area contributed by atoms with Gasteiger partial charge in [-0.1, -0.05) is 0 Å². The molecule has 0 spiro atoms. The first-order valence-corrected chi connectivity index (χ1v) is 12.5. The molecule has 0 unspecified atom stereocenters. The van der Waals surface area contributed by atoms with Gasteiger partial charge in [-0.2, -0.15) is 0 Å². The minimum Gasteiger partial charge on any atom is -0.462 e. The number of amides is 1. The van der Waals surface area contributed by atoms with E-state index >= 15 is 0 Å². The minimum atomic E-state index is -1.82. The Hall–Kier alpha value is -3.48. The zero-order valence-electron chi connectivity index (χ0n) is 21.4. The maximum Gasteiger partial charge on any atom is 0.341 e. The second kappa shape index (κ2) is 13.7. The van der Waals surface area contributed by atoms with E-state index in [1.54, 1.807) is 6.92 Å². The molecule has 12 nitrogen and oxygen atoms in total. The summed E-state index contributed by atoms with van der Waals surface area (Å²) < 4.78 is 25.7. The summed E-state index contributed by atoms with van der Waals surface area (Å²) in [6.45, 7) is 5.45. The number of carbonyl (C=O) groups excluding carboxylic acids is 6. The fourth-order valence-electron chi connectivity index (χ4n) is 3.84. The number of hydrogen-bond donors (Lipinski definition) is 1. The molecular formula is C24H31NO11S. The Morgan fingerprint density at radius 1 is 0.838 bits per heavy atom. The monoisotopic (exact) mass is 541 g/mol. The van der Waals surface area contributed by atoms with Crippen LogP contribution in [0, 0.1) is 0 Å². The third-order valence-electron chi connectivity index (χ3n) is 5.17. The van der Waals surface area contributed by atoms with E-state index < -0.39 is 60.7 Å². The molecule has 1 N–H and O–H groups in total. The van der Waals surface area contributed by atoms with Crippen LogP contribution in [0.25, 0.3) is 0 Å². The lowest BCUT2D eigenvalue weighted by atomic mass is 9.95. The lowest BCUT2D eigenvalue weighted by molar-refractivity contribution is -0.190. The molecule has 1 heterocycles. The van der Waals surface area contributed by atoms with Gasteiger partial charge in [0, 0.05) is 32.6 Å². The van der Waals surface area contributed by atoms with E-state index in [4.69, 9.17) is 23.7 Å². The van der Waals surface area contributed by atoms with Crippen LogP contribution < -0.4 is 5.32 Å². The van der Waals surface area contributed by atoms with E-state index in [2.05, 4.69) is 5.32 Å². The van der Waals surface area contributed by atoms with E-state index in [9.17, 15) is 28.8 Å². The Bertz CT molecular complexity index is 1050. The van der Waals surface area contributed by atoms with E-state index in [0.717, 1.165) is 57.4 Å². The molecule has 0 fully saturated rings. The number of anilines is 1. The molecule has 37 heavy (non-hydrogen) atoms. The highest BCUT2D eigenvalue weighted by molar-refractivity contribution is 7.17. The lowest BCUT2D eigenvalue weighted by Crippen LogP contribution is -2.52. The number of aryl methyl sites for hydroxylation is 1. The van der Waals surface area contributed by atoms with Gasteiger partial charge in [-0.3, -0.25) is 24.0 Å². The van der Waals surface area contributed by atoms with Crippen molar-refractivity contribution in [2.24, 2.45) is 0 Å². The summed E-state index contributed by atoms with van der Waals surface area (Å²) in [4.78, 5) is 74.1. The highest BCUT2D eigenvalue weighted by atomic mass is 32.1. The molecule has 1 aromatic heterocycles. The van der Waals surface area contributed by atoms with Crippen LogP contribution >= 0.6 is 11.3 Å². The van der Waals surface area contributed by atoms with Gasteiger partial charge < -0.3 is 29.0 Å². The Kier molecular flexibility index (Phi) is 11.0. The molecule has 204 valence electrons. The summed E-state index contributed by atoms with van der Waals surface area (Å²) in [6.07, 6.45) is -1.83. The number of esters is 5. The third kappa shape index (κ3) is 8.55. The number of rotatable bonds is 11. The smallest absolute Gasteiger partial charge is 0.341 e. The van der Waals surface area contributed by atoms with Gasteiger partial charge >= 0.3 is 29.8 Å². The van der Waals surface area contributed by atoms with Gasteiger partial charge in [-0.05, 0) is 38.2 Å². The first-order valence-electron chi connectivity index (χ1n) is 11.7. The van der Waals surface area contributed by atoms with Crippen molar-refractivity contribution in [3.05, 3.63) is 16.0 Å². The van der Waals surface area contributed by atoms with Gasteiger partial charge in [0.25, 0.3) is 5.91 Å². The SMILES string of the molecule is CCOC(=O)c1c(NC(=O)[C@H](OC(C)=O)[C@@H](OC(C)=O)[C@@H](COC(C)=O)OC(C)=O)sc2c1CCCC2. The predicted octanol–water partition coefficient (Wildman–Crippen LogP) is 2.10. The summed E-state index contributed by atoms with van der Waals surface area (Å²) in [7, 11) is 0. The molecule has 3 atom stereocenters. The number of ether oxygens (including phenoxy) is 5. The molecule has 1 aliphatic rings. The molecular weight excluding hydrogens is 510 g/mol. The molecule has 0 bridgehead atoms. The summed E-state index contributed by atoms with van der Waals surface area (Å²) in [6, 6.07) is 0. The molecule has 13 heteroatoms. The van der Waals surface area contributed by atoms with Crippen molar-refractivity contribution in [3.63, 3.8) is 0 Å². The molecule has 0 saturated carbocycles. The lowest BCUT2D eigenvalue weighted by Gasteiger charge is -2.30. The van der Waals surface area contributed by atoms with Crippen molar-refractivity contribution in [2.75, 3.05) is 18.5 Å². The number of hydrogen-bond acceptors (Lipinski definition) is 12. The van der Waals surface area contributed by atoms with Crippen LogP contribution in [-0.2, 0) is 60.5 Å². The van der Waals surface area contributed by atoms with Crippen molar-refractivity contribution in [3.8, 4) is 0 Å². The average Bonchev–Trinajstić information content (AvgIpc) is 3.16. The second-order valence-electron chi connectivity index (χ2n) is 8.18. The quantitative estimate of drug-likeness (QED) is 0.323. The Morgan fingerprint density at radius 3 is 2.03 bits per heavy atom. The average molecular weight is 542 g/mol. The Morgan fingerprint density at radius 2 is 1.46 bits per heavy atom. The fourth-order valence-corrected chi connectivity index (χ4v) is 5.12. The van der Waals surface area contributed by atoms with Crippen molar-refractivity contribution >= 4 is 52.1 Å². The summed E-state index contributed by atoms with van der Waals surface area (Å²) >= 11 is 1.20. The van der Waals surface area contributed by atoms with Crippen LogP contribution in [0.5, 0.6) is 0 Å². The van der Waals surface area contributed by atoms with E-state index in [-0.39, 0.29) is 17.2 Å². The Balaban J connectivity index is 2.49. The minimum absolute atomic E-state index is 0.127. The van der Waals surface area contributed by atoms with E-state index in [1.807, 2.05) is 0 Å². The van der Waals surface area contributed by atoms with Crippen molar-refractivity contribution in [1.29, 1.82) is 0 Å². The third-order valence-corrected chi connectivity index (χ3v) is 6.38. The molecule has 0 saturated heterocycles. The molecule has 0 radical (unpaired) electrons. The van der Waals surface area contributed by atoms with E-state index in [1.165, 1.54) is 11.3 Å². The van der Waals surface area contributed by atoms with Gasteiger partial charge in [0.05, 0.1) is 12.2 Å². The van der Waals surface area contributed by atoms with Crippen molar-refractivity contribution < 1.29 is 52.5 Å². The predicted molar refractivity (Wildman–Crippen MR) is 129 cm³/mol. The Labute approximate surface area is 217 Å². The normalized spacial score (nSPS) is 14.7. The largest absolute Gasteiger partial charge is 0.462 e. The van der Waals surface area contributed by atoms with Gasteiger partial charge in [-0.15, -0.1) is 11.3 Å². The molecule has 1 aliphatic carbocycles. The standard InChI is InChI=1S/C24H31NO11S/c1-6-32-24(31)19-16-9-7-8-10-18(16)37-23(19)25-22(30)21(36-15(5)29)20(35-14(4)28)17(34-13(3)27)11-33-12(2)26/h17,20-21H,6-11H2,1-5H3,(H,25,30)/t17-,20+,21-/m1/s1. The van der Waals surface area contributed by atoms with Crippen LogP contribution in [0.2, 0.25) is 0 Å². The summed E-state index contributed by atoms with van der Waals surface area (Å²) in [5, 5.41) is 2.79. The van der Waals surface area contributed by atoms with Crippen LogP contribution in [0.1, 0.15) is 68.3 Å². The molecule has 0 aliphatic heterocycles. The van der Waals surface area contributed by atoms with Crippen LogP contribution in [-0.4, -0.2) is 67.3 Å². The van der Waals surface area contributed by atoms with Crippen molar-refractivity contribution in [1.82, 2.24) is 0 Å². The van der Waals surface area contributed by atoms with Gasteiger partial charge in [0.2, 0.25) is 6.10 Å². The van der Waals surface area contributed by atoms with Crippen LogP contribution in [0.4, 0.5) is 5.00 Å². The summed E-state index contributed by atoms with van der Waals surface area (Å²) in [5.74, 6) is -4.89. The summed E-state index contributed by atoms with van der Waals surface area (Å²) in [5.41, 5.74) is 1.01. The molecule has 1 aromatic rings. The zero-order chi connectivity index (χ0) is 27.7. The van der Waals surface area contributed by atoms with Gasteiger partial charge in [0.1, 0.15) is 11.6 Å². The fraction of sp³-hybridized carbons (Fsp3) is 0.583. The number of fused-ring (bicyclic) bond motifs is 1. The highest BCUT2D eigenvalue weighted by Gasteiger charge is 2.43. The number of carbonyl (C=O) groups is 6. The van der Waals surface area contributed by atoms with Crippen LogP contribution in [0.3, 0.4) is 0 Å².